The average molecular weight is 346 g/mol. The Labute approximate surface area is 150 Å². The zero-order valence-electron chi connectivity index (χ0n) is 15.3. The third kappa shape index (κ3) is 7.13. The van der Waals surface area contributed by atoms with Crippen LogP contribution in [0.5, 0.6) is 0 Å². The Morgan fingerprint density at radius 1 is 1.32 bits per heavy atom. The minimum atomic E-state index is -0.0167. The van der Waals surface area contributed by atoms with E-state index in [9.17, 15) is 4.79 Å². The van der Waals surface area contributed by atoms with E-state index in [2.05, 4.69) is 39.6 Å². The van der Waals surface area contributed by atoms with E-state index in [4.69, 9.17) is 4.74 Å². The number of nitrogens with one attached hydrogen (secondary N) is 2. The van der Waals surface area contributed by atoms with E-state index in [-0.39, 0.29) is 5.91 Å². The number of guanidine groups is 1. The third-order valence-electron chi connectivity index (χ3n) is 4.13. The van der Waals surface area contributed by atoms with Crippen LogP contribution in [-0.2, 0) is 16.1 Å². The quantitative estimate of drug-likeness (QED) is 0.427. The number of hydrogen-bond acceptors (Lipinski definition) is 3. The fourth-order valence-corrected chi connectivity index (χ4v) is 2.90. The molecule has 1 aliphatic rings. The van der Waals surface area contributed by atoms with Crippen LogP contribution in [0.4, 0.5) is 0 Å². The summed E-state index contributed by atoms with van der Waals surface area (Å²) in [6.07, 6.45) is 1.12. The zero-order chi connectivity index (χ0) is 17.9. The summed E-state index contributed by atoms with van der Waals surface area (Å²) < 4.78 is 5.88. The highest BCUT2D eigenvalue weighted by Gasteiger charge is 2.24. The Kier molecular flexibility index (Phi) is 8.25. The molecule has 6 nitrogen and oxygen atoms in total. The predicted molar refractivity (Wildman–Crippen MR) is 100 cm³/mol. The van der Waals surface area contributed by atoms with Crippen LogP contribution in [0.25, 0.3) is 0 Å². The monoisotopic (exact) mass is 346 g/mol. The first-order valence-corrected chi connectivity index (χ1v) is 9.08. The first kappa shape index (κ1) is 19.2. The second-order valence-corrected chi connectivity index (χ2v) is 6.32. The van der Waals surface area contributed by atoms with E-state index in [1.54, 1.807) is 0 Å². The molecule has 1 fully saturated rings. The van der Waals surface area contributed by atoms with E-state index in [1.165, 1.54) is 12.5 Å². The molecule has 1 amide bonds. The van der Waals surface area contributed by atoms with Gasteiger partial charge >= 0.3 is 0 Å². The Bertz CT molecular complexity index is 548. The summed E-state index contributed by atoms with van der Waals surface area (Å²) in [7, 11) is 0. The lowest BCUT2D eigenvalue weighted by Gasteiger charge is -2.21. The van der Waals surface area contributed by atoms with Crippen molar-refractivity contribution in [2.75, 3.05) is 39.3 Å². The molecule has 6 heteroatoms. The van der Waals surface area contributed by atoms with Crippen molar-refractivity contribution in [2.45, 2.75) is 26.9 Å². The standard InChI is InChI=1S/C19H30N4O2/c1-3-20-19(22-11-10-21-16(2)24)23-12-9-18(13-23)15-25-14-17-7-5-4-6-8-17/h4-8,18H,3,9-15H2,1-2H3,(H,20,22)(H,21,24). The highest BCUT2D eigenvalue weighted by atomic mass is 16.5. The number of benzene rings is 1. The minimum absolute atomic E-state index is 0.0167. The van der Waals surface area contributed by atoms with Crippen LogP contribution in [0.15, 0.2) is 35.3 Å². The molecule has 0 spiro atoms. The van der Waals surface area contributed by atoms with Gasteiger partial charge in [0.2, 0.25) is 5.91 Å². The van der Waals surface area contributed by atoms with E-state index >= 15 is 0 Å². The topological polar surface area (TPSA) is 66.0 Å². The molecule has 2 N–H and O–H groups in total. The van der Waals surface area contributed by atoms with Crippen LogP contribution in [0.2, 0.25) is 0 Å². The number of hydrogen-bond donors (Lipinski definition) is 2. The fraction of sp³-hybridized carbons (Fsp3) is 0.579. The van der Waals surface area contributed by atoms with Crippen molar-refractivity contribution in [3.05, 3.63) is 35.9 Å². The molecule has 0 aromatic heterocycles. The van der Waals surface area contributed by atoms with Crippen LogP contribution < -0.4 is 10.6 Å². The van der Waals surface area contributed by atoms with Crippen LogP contribution in [0, 0.1) is 5.92 Å². The largest absolute Gasteiger partial charge is 0.376 e. The summed E-state index contributed by atoms with van der Waals surface area (Å²) in [4.78, 5) is 17.8. The van der Waals surface area contributed by atoms with Crippen LogP contribution in [0.1, 0.15) is 25.8 Å². The highest BCUT2D eigenvalue weighted by Crippen LogP contribution is 2.17. The van der Waals surface area contributed by atoms with Crippen LogP contribution >= 0.6 is 0 Å². The third-order valence-corrected chi connectivity index (χ3v) is 4.13. The number of aliphatic imine (C=N–C) groups is 1. The Hall–Kier alpha value is -2.08. The predicted octanol–water partition coefficient (Wildman–Crippen LogP) is 1.63. The van der Waals surface area contributed by atoms with Crippen molar-refractivity contribution in [3.8, 4) is 0 Å². The summed E-state index contributed by atoms with van der Waals surface area (Å²) >= 11 is 0. The molecule has 0 radical (unpaired) electrons. The van der Waals surface area contributed by atoms with Crippen molar-refractivity contribution in [2.24, 2.45) is 10.9 Å². The second kappa shape index (κ2) is 10.7. The molecule has 2 rings (SSSR count). The van der Waals surface area contributed by atoms with E-state index in [0.717, 1.165) is 38.6 Å². The first-order chi connectivity index (χ1) is 12.2. The summed E-state index contributed by atoms with van der Waals surface area (Å²) in [5, 5.41) is 6.11. The molecule has 1 aromatic rings. The lowest BCUT2D eigenvalue weighted by Crippen LogP contribution is -2.40. The summed E-state index contributed by atoms with van der Waals surface area (Å²) in [5.74, 6) is 1.44. The maximum absolute atomic E-state index is 10.9. The van der Waals surface area contributed by atoms with Gasteiger partial charge in [0, 0.05) is 39.0 Å². The molecule has 0 bridgehead atoms. The summed E-state index contributed by atoms with van der Waals surface area (Å²) in [5.41, 5.74) is 1.21. The van der Waals surface area contributed by atoms with Gasteiger partial charge in [0.1, 0.15) is 0 Å². The van der Waals surface area contributed by atoms with Gasteiger partial charge in [-0.3, -0.25) is 9.79 Å². The molecule has 0 saturated carbocycles. The molecule has 1 saturated heterocycles. The number of likely N-dealkylation sites (tertiary alicyclic amines) is 1. The van der Waals surface area contributed by atoms with Crippen molar-refractivity contribution in [1.82, 2.24) is 15.5 Å². The number of carbonyl (C=O) groups excluding carboxylic acids is 1. The van der Waals surface area contributed by atoms with E-state index in [1.807, 2.05) is 18.2 Å². The van der Waals surface area contributed by atoms with Crippen molar-refractivity contribution >= 4 is 11.9 Å². The maximum atomic E-state index is 10.9. The van der Waals surface area contributed by atoms with E-state index in [0.29, 0.717) is 25.6 Å². The number of carbonyl (C=O) groups is 1. The van der Waals surface area contributed by atoms with Gasteiger partial charge in [0.15, 0.2) is 5.96 Å². The summed E-state index contributed by atoms with van der Waals surface area (Å²) in [6, 6.07) is 10.3. The van der Waals surface area contributed by atoms with Gasteiger partial charge in [0.25, 0.3) is 0 Å². The molecule has 1 aromatic carbocycles. The normalized spacial score (nSPS) is 17.6. The van der Waals surface area contributed by atoms with E-state index < -0.39 is 0 Å². The molecule has 1 unspecified atom stereocenters. The molecule has 1 aliphatic heterocycles. The number of ether oxygens (including phenoxy) is 1. The minimum Gasteiger partial charge on any atom is -0.376 e. The van der Waals surface area contributed by atoms with Gasteiger partial charge in [-0.1, -0.05) is 30.3 Å². The number of nitrogens with zero attached hydrogens (tertiary/aromatic N) is 2. The highest BCUT2D eigenvalue weighted by molar-refractivity contribution is 5.80. The number of amides is 1. The first-order valence-electron chi connectivity index (χ1n) is 9.08. The SMILES string of the molecule is CCNC(=NCCNC(C)=O)N1CCC(COCc2ccccc2)C1. The van der Waals surface area contributed by atoms with Crippen molar-refractivity contribution < 1.29 is 9.53 Å². The van der Waals surface area contributed by atoms with Gasteiger partial charge in [-0.2, -0.15) is 0 Å². The molecule has 25 heavy (non-hydrogen) atoms. The van der Waals surface area contributed by atoms with Crippen molar-refractivity contribution in [3.63, 3.8) is 0 Å². The maximum Gasteiger partial charge on any atom is 0.216 e. The summed E-state index contributed by atoms with van der Waals surface area (Å²) in [6.45, 7) is 8.99. The van der Waals surface area contributed by atoms with Crippen molar-refractivity contribution in [1.29, 1.82) is 0 Å². The van der Waals surface area contributed by atoms with Gasteiger partial charge in [-0.15, -0.1) is 0 Å². The molecule has 138 valence electrons. The zero-order valence-corrected chi connectivity index (χ0v) is 15.3. The Morgan fingerprint density at radius 2 is 2.12 bits per heavy atom. The van der Waals surface area contributed by atoms with Gasteiger partial charge in [-0.25, -0.2) is 0 Å². The molecule has 1 heterocycles. The van der Waals surface area contributed by atoms with Crippen LogP contribution in [0.3, 0.4) is 0 Å². The Morgan fingerprint density at radius 3 is 2.84 bits per heavy atom. The van der Waals surface area contributed by atoms with Crippen LogP contribution in [-0.4, -0.2) is 56.1 Å². The smallest absolute Gasteiger partial charge is 0.216 e. The Balaban J connectivity index is 1.74. The van der Waals surface area contributed by atoms with Gasteiger partial charge in [0.05, 0.1) is 19.8 Å². The molecular weight excluding hydrogens is 316 g/mol. The molecule has 1 atom stereocenters. The van der Waals surface area contributed by atoms with Gasteiger partial charge < -0.3 is 20.3 Å². The second-order valence-electron chi connectivity index (χ2n) is 6.32. The molecular formula is C19H30N4O2. The molecule has 0 aliphatic carbocycles. The average Bonchev–Trinajstić information content (AvgIpc) is 3.07. The lowest BCUT2D eigenvalue weighted by molar-refractivity contribution is -0.118. The fourth-order valence-electron chi connectivity index (χ4n) is 2.90. The van der Waals surface area contributed by atoms with Gasteiger partial charge in [-0.05, 0) is 18.9 Å². The number of rotatable bonds is 8. The lowest BCUT2D eigenvalue weighted by atomic mass is 10.1.